The van der Waals surface area contributed by atoms with E-state index in [1.165, 1.54) is 0 Å². The maximum Gasteiger partial charge on any atom is 0.174 e. The molecule has 3 aromatic rings. The second-order valence-electron chi connectivity index (χ2n) is 13.8. The van der Waals surface area contributed by atoms with Crippen LogP contribution in [0.4, 0.5) is 23.0 Å². The lowest BCUT2D eigenvalue weighted by atomic mass is 9.95. The highest BCUT2D eigenvalue weighted by atomic mass is 28.3. The van der Waals surface area contributed by atoms with Gasteiger partial charge in [0.2, 0.25) is 0 Å². The maximum atomic E-state index is 4.61. The van der Waals surface area contributed by atoms with Crippen LogP contribution in [0.25, 0.3) is 10.8 Å². The summed E-state index contributed by atoms with van der Waals surface area (Å²) in [4.78, 5) is 9.23. The van der Waals surface area contributed by atoms with Crippen molar-refractivity contribution in [1.82, 2.24) is 9.97 Å². The fraction of sp³-hybridized carbons (Fsp3) is 0.500. The largest absolute Gasteiger partial charge is 0.334 e. The summed E-state index contributed by atoms with van der Waals surface area (Å²) in [7, 11) is -3.93. The monoisotopic (exact) mass is 594 g/mol. The van der Waals surface area contributed by atoms with E-state index in [0.29, 0.717) is 33.2 Å². The van der Waals surface area contributed by atoms with Crippen molar-refractivity contribution in [3.05, 3.63) is 47.8 Å². The first kappa shape index (κ1) is 31.9. The zero-order valence-corrected chi connectivity index (χ0v) is 29.8. The molecule has 0 fully saturated rings. The molecule has 0 atom stereocenters. The smallest absolute Gasteiger partial charge is 0.174 e. The summed E-state index contributed by atoms with van der Waals surface area (Å²) in [5.74, 6) is 9.05. The van der Waals surface area contributed by atoms with E-state index < -0.39 is 16.1 Å². The molecular formula is C36H50N4Si2. The van der Waals surface area contributed by atoms with E-state index in [4.69, 9.17) is 0 Å². The fourth-order valence-corrected chi connectivity index (χ4v) is 18.3. The van der Waals surface area contributed by atoms with Crippen molar-refractivity contribution in [3.63, 3.8) is 0 Å². The van der Waals surface area contributed by atoms with Crippen LogP contribution in [-0.2, 0) is 0 Å². The second-order valence-corrected chi connectivity index (χ2v) is 25.0. The lowest BCUT2D eigenvalue weighted by Crippen LogP contribution is -2.43. The number of nitrogens with one attached hydrogen (secondary N) is 2. The molecule has 4 nitrogen and oxygen atoms in total. The van der Waals surface area contributed by atoms with Gasteiger partial charge in [-0.15, -0.1) is 11.1 Å². The van der Waals surface area contributed by atoms with E-state index >= 15 is 0 Å². The zero-order chi connectivity index (χ0) is 31.0. The van der Waals surface area contributed by atoms with Gasteiger partial charge < -0.3 is 10.6 Å². The van der Waals surface area contributed by atoms with Gasteiger partial charge in [-0.3, -0.25) is 0 Å². The standard InChI is InChI=1S/C36H50N4Si2/c1-23(2)41(24(3)4,25(5)6)21-17-31-29-15-13-14-16-30(29)32(18-22-42(26(7)8,27(9)10)28(11)12)34-33(31)39-35-36(40-34)38-20-19-37-35/h13-16,19-20,23-28H,1-12H3,(H,37,39)(H,38,40). The van der Waals surface area contributed by atoms with Crippen LogP contribution in [0.15, 0.2) is 36.7 Å². The first-order chi connectivity index (χ1) is 19.8. The van der Waals surface area contributed by atoms with Crippen LogP contribution in [0.3, 0.4) is 0 Å². The third-order valence-electron chi connectivity index (χ3n) is 9.94. The lowest BCUT2D eigenvalue weighted by Gasteiger charge is -2.38. The Morgan fingerprint density at radius 1 is 0.524 bits per heavy atom. The van der Waals surface area contributed by atoms with Crippen molar-refractivity contribution in [2.45, 2.75) is 116 Å². The third kappa shape index (κ3) is 5.29. The Bertz CT molecular complexity index is 1420. The molecule has 1 aliphatic heterocycles. The number of fused-ring (bicyclic) bond motifs is 3. The molecule has 1 aromatic heterocycles. The number of nitrogens with zero attached hydrogens (tertiary/aromatic N) is 2. The Morgan fingerprint density at radius 3 is 1.12 bits per heavy atom. The molecule has 6 heteroatoms. The summed E-state index contributed by atoms with van der Waals surface area (Å²) < 4.78 is 0. The number of anilines is 4. The molecule has 0 radical (unpaired) electrons. The van der Waals surface area contributed by atoms with Crippen molar-refractivity contribution in [1.29, 1.82) is 0 Å². The average molecular weight is 595 g/mol. The number of rotatable bonds is 6. The fourth-order valence-electron chi connectivity index (χ4n) is 7.91. The van der Waals surface area contributed by atoms with E-state index in [2.05, 4.69) is 151 Å². The van der Waals surface area contributed by atoms with Crippen molar-refractivity contribution in [2.24, 2.45) is 0 Å². The summed E-state index contributed by atoms with van der Waals surface area (Å²) >= 11 is 0. The quantitative estimate of drug-likeness (QED) is 0.172. The molecule has 42 heavy (non-hydrogen) atoms. The van der Waals surface area contributed by atoms with Gasteiger partial charge in [0.1, 0.15) is 16.1 Å². The van der Waals surface area contributed by atoms with Crippen molar-refractivity contribution in [2.75, 3.05) is 10.6 Å². The summed E-state index contributed by atoms with van der Waals surface area (Å²) in [5, 5.41) is 9.58. The van der Waals surface area contributed by atoms with Crippen LogP contribution >= 0.6 is 0 Å². The molecule has 1 aliphatic rings. The molecular weight excluding hydrogens is 545 g/mol. The van der Waals surface area contributed by atoms with Gasteiger partial charge in [0, 0.05) is 23.2 Å². The minimum Gasteiger partial charge on any atom is -0.334 e. The predicted molar refractivity (Wildman–Crippen MR) is 188 cm³/mol. The molecule has 2 aromatic carbocycles. The van der Waals surface area contributed by atoms with E-state index in [1.54, 1.807) is 12.4 Å². The van der Waals surface area contributed by atoms with Gasteiger partial charge in [-0.25, -0.2) is 9.97 Å². The van der Waals surface area contributed by atoms with Crippen molar-refractivity contribution >= 4 is 49.9 Å². The van der Waals surface area contributed by atoms with Crippen LogP contribution in [-0.4, -0.2) is 26.1 Å². The van der Waals surface area contributed by atoms with Gasteiger partial charge in [-0.2, -0.15) is 0 Å². The van der Waals surface area contributed by atoms with Gasteiger partial charge in [-0.05, 0) is 33.2 Å². The predicted octanol–water partition coefficient (Wildman–Crippen LogP) is 10.6. The normalized spacial score (nSPS) is 13.1. The van der Waals surface area contributed by atoms with E-state index in [1.807, 2.05) is 0 Å². The number of hydrogen-bond acceptors (Lipinski definition) is 4. The summed E-state index contributed by atoms with van der Waals surface area (Å²) in [6, 6.07) is 8.66. The molecule has 0 unspecified atom stereocenters. The molecule has 0 saturated carbocycles. The molecule has 4 rings (SSSR count). The third-order valence-corrected chi connectivity index (χ3v) is 22.5. The Morgan fingerprint density at radius 2 is 0.833 bits per heavy atom. The molecule has 0 saturated heterocycles. The van der Waals surface area contributed by atoms with Gasteiger partial charge in [0.05, 0.1) is 22.5 Å². The van der Waals surface area contributed by atoms with E-state index in [-0.39, 0.29) is 0 Å². The molecule has 0 bridgehead atoms. The van der Waals surface area contributed by atoms with Gasteiger partial charge in [0.25, 0.3) is 0 Å². The van der Waals surface area contributed by atoms with Crippen LogP contribution in [0.5, 0.6) is 0 Å². The summed E-state index contributed by atoms with van der Waals surface area (Å²) in [6.07, 6.45) is 3.46. The Kier molecular flexibility index (Phi) is 9.31. The van der Waals surface area contributed by atoms with Gasteiger partial charge in [-0.1, -0.05) is 119 Å². The van der Waals surface area contributed by atoms with Crippen molar-refractivity contribution < 1.29 is 0 Å². The van der Waals surface area contributed by atoms with Gasteiger partial charge in [0.15, 0.2) is 11.6 Å². The molecule has 0 amide bonds. The SMILES string of the molecule is CC(C)[Si](C#Cc1c2c(c(C#C[Si](C(C)C)(C(C)C)C(C)C)c3ccccc13)Nc1nccnc1N2)(C(C)C)C(C)C. The Labute approximate surface area is 256 Å². The van der Waals surface area contributed by atoms with Crippen LogP contribution < -0.4 is 10.6 Å². The summed E-state index contributed by atoms with van der Waals surface area (Å²) in [5.41, 5.74) is 15.3. The van der Waals surface area contributed by atoms with E-state index in [9.17, 15) is 0 Å². The number of aromatic nitrogens is 2. The molecule has 2 N–H and O–H groups in total. The molecule has 0 aliphatic carbocycles. The molecule has 222 valence electrons. The average Bonchev–Trinajstić information content (AvgIpc) is 2.92. The maximum absolute atomic E-state index is 4.61. The Hall–Kier alpha value is -3.07. The minimum atomic E-state index is -1.97. The van der Waals surface area contributed by atoms with Crippen LogP contribution in [0.1, 0.15) is 94.2 Å². The lowest BCUT2D eigenvalue weighted by molar-refractivity contribution is 0.838. The minimum absolute atomic E-state index is 0.552. The first-order valence-corrected chi connectivity index (χ1v) is 20.2. The van der Waals surface area contributed by atoms with Gasteiger partial charge >= 0.3 is 0 Å². The van der Waals surface area contributed by atoms with Crippen LogP contribution in [0.2, 0.25) is 33.2 Å². The molecule has 2 heterocycles. The first-order valence-electron chi connectivity index (χ1n) is 15.8. The topological polar surface area (TPSA) is 49.8 Å². The molecule has 0 spiro atoms. The Balaban J connectivity index is 2.11. The van der Waals surface area contributed by atoms with Crippen molar-refractivity contribution in [3.8, 4) is 22.9 Å². The number of hydrogen-bond donors (Lipinski definition) is 2. The highest BCUT2D eigenvalue weighted by Crippen LogP contribution is 2.46. The summed E-state index contributed by atoms with van der Waals surface area (Å²) in [6.45, 7) is 28.4. The second kappa shape index (κ2) is 12.3. The van der Waals surface area contributed by atoms with E-state index in [0.717, 1.165) is 44.9 Å². The number of benzene rings is 2. The highest BCUT2D eigenvalue weighted by Gasteiger charge is 2.43. The zero-order valence-electron chi connectivity index (χ0n) is 27.8. The highest BCUT2D eigenvalue weighted by molar-refractivity contribution is 6.91. The van der Waals surface area contributed by atoms with Crippen LogP contribution in [0, 0.1) is 22.9 Å².